The molecule has 0 aliphatic carbocycles. The molecule has 1 heterocycles. The van der Waals surface area contributed by atoms with Gasteiger partial charge in [-0.25, -0.2) is 0 Å². The van der Waals surface area contributed by atoms with E-state index in [0.717, 1.165) is 31.7 Å². The van der Waals surface area contributed by atoms with E-state index >= 15 is 0 Å². The van der Waals surface area contributed by atoms with Gasteiger partial charge in [0, 0.05) is 36.9 Å². The van der Waals surface area contributed by atoms with Crippen LogP contribution < -0.4 is 4.74 Å². The van der Waals surface area contributed by atoms with Crippen LogP contribution in [0.1, 0.15) is 12.0 Å². The lowest BCUT2D eigenvalue weighted by Gasteiger charge is -2.18. The van der Waals surface area contributed by atoms with Crippen molar-refractivity contribution in [1.29, 1.82) is 0 Å². The van der Waals surface area contributed by atoms with E-state index < -0.39 is 0 Å². The Bertz CT molecular complexity index is 439. The normalized spacial score (nSPS) is 19.8. The van der Waals surface area contributed by atoms with Crippen LogP contribution in [-0.2, 0) is 11.3 Å². The van der Waals surface area contributed by atoms with Gasteiger partial charge in [-0.15, -0.1) is 0 Å². The van der Waals surface area contributed by atoms with Crippen LogP contribution >= 0.6 is 11.6 Å². The molecule has 19 heavy (non-hydrogen) atoms. The zero-order valence-electron chi connectivity index (χ0n) is 11.4. The number of halogens is 1. The molecule has 0 spiro atoms. The highest BCUT2D eigenvalue weighted by Crippen LogP contribution is 2.34. The van der Waals surface area contributed by atoms with Crippen LogP contribution in [0.3, 0.4) is 0 Å². The number of hydrogen-bond acceptors (Lipinski definition) is 4. The lowest BCUT2D eigenvalue weighted by Crippen LogP contribution is -2.21. The summed E-state index contributed by atoms with van der Waals surface area (Å²) < 4.78 is 10.3. The second-order valence-corrected chi connectivity index (χ2v) is 5.40. The molecule has 106 valence electrons. The highest BCUT2D eigenvalue weighted by atomic mass is 35.5. The van der Waals surface area contributed by atoms with E-state index in [1.165, 1.54) is 7.11 Å². The predicted molar refractivity (Wildman–Crippen MR) is 74.9 cm³/mol. The summed E-state index contributed by atoms with van der Waals surface area (Å²) in [4.78, 5) is 2.30. The van der Waals surface area contributed by atoms with E-state index in [1.54, 1.807) is 19.2 Å². The first-order valence-corrected chi connectivity index (χ1v) is 6.78. The molecule has 1 unspecified atom stereocenters. The van der Waals surface area contributed by atoms with Crippen LogP contribution in [-0.4, -0.2) is 43.9 Å². The minimum Gasteiger partial charge on any atom is -0.504 e. The number of likely N-dealkylation sites (tertiary alicyclic amines) is 1. The summed E-state index contributed by atoms with van der Waals surface area (Å²) in [6.07, 6.45) is 1.13. The van der Waals surface area contributed by atoms with E-state index in [0.29, 0.717) is 23.2 Å². The number of hydrogen-bond donors (Lipinski definition) is 1. The van der Waals surface area contributed by atoms with Gasteiger partial charge in [-0.1, -0.05) is 11.6 Å². The number of phenols is 1. The smallest absolute Gasteiger partial charge is 0.162 e. The molecular weight excluding hydrogens is 266 g/mol. The molecule has 0 saturated carbocycles. The molecule has 4 nitrogen and oxygen atoms in total. The van der Waals surface area contributed by atoms with Gasteiger partial charge in [-0.3, -0.25) is 4.90 Å². The summed E-state index contributed by atoms with van der Waals surface area (Å²) in [5.41, 5.74) is 0.808. The Morgan fingerprint density at radius 2 is 2.21 bits per heavy atom. The molecule has 1 atom stereocenters. The van der Waals surface area contributed by atoms with Gasteiger partial charge in [0.25, 0.3) is 0 Å². The van der Waals surface area contributed by atoms with Crippen LogP contribution in [0.15, 0.2) is 12.1 Å². The lowest BCUT2D eigenvalue weighted by molar-refractivity contribution is 0.152. The Kier molecular flexibility index (Phi) is 4.91. The molecule has 1 aliphatic rings. The summed E-state index contributed by atoms with van der Waals surface area (Å²) in [7, 11) is 3.26. The predicted octanol–water partition coefficient (Wildman–Crippen LogP) is 2.52. The molecule has 2 rings (SSSR count). The van der Waals surface area contributed by atoms with Crippen molar-refractivity contribution in [2.45, 2.75) is 13.0 Å². The molecule has 0 amide bonds. The number of phenolic OH excluding ortho intramolecular Hbond substituents is 1. The Morgan fingerprint density at radius 3 is 2.89 bits per heavy atom. The highest BCUT2D eigenvalue weighted by Gasteiger charge is 2.23. The molecule has 1 aromatic rings. The van der Waals surface area contributed by atoms with Crippen molar-refractivity contribution in [1.82, 2.24) is 4.90 Å². The van der Waals surface area contributed by atoms with Crippen LogP contribution in [0.25, 0.3) is 0 Å². The van der Waals surface area contributed by atoms with Gasteiger partial charge >= 0.3 is 0 Å². The summed E-state index contributed by atoms with van der Waals surface area (Å²) in [6.45, 7) is 3.48. The van der Waals surface area contributed by atoms with E-state index in [4.69, 9.17) is 21.1 Å². The molecule has 1 fully saturated rings. The maximum atomic E-state index is 10.1. The fourth-order valence-electron chi connectivity index (χ4n) is 2.57. The number of rotatable bonds is 5. The Hall–Kier alpha value is -0.970. The Labute approximate surface area is 118 Å². The lowest BCUT2D eigenvalue weighted by atomic mass is 10.1. The summed E-state index contributed by atoms with van der Waals surface area (Å²) in [5, 5.41) is 10.7. The van der Waals surface area contributed by atoms with Gasteiger partial charge in [0.2, 0.25) is 0 Å². The quantitative estimate of drug-likeness (QED) is 0.903. The van der Waals surface area contributed by atoms with Crippen LogP contribution in [0.4, 0.5) is 0 Å². The molecule has 0 bridgehead atoms. The third-order valence-corrected chi connectivity index (χ3v) is 3.72. The van der Waals surface area contributed by atoms with Crippen LogP contribution in [0.2, 0.25) is 5.02 Å². The van der Waals surface area contributed by atoms with Crippen molar-refractivity contribution in [2.75, 3.05) is 33.9 Å². The maximum absolute atomic E-state index is 10.1. The summed E-state index contributed by atoms with van der Waals surface area (Å²) in [5.74, 6) is 1.19. The van der Waals surface area contributed by atoms with Crippen molar-refractivity contribution in [2.24, 2.45) is 5.92 Å². The largest absolute Gasteiger partial charge is 0.504 e. The fraction of sp³-hybridized carbons (Fsp3) is 0.571. The van der Waals surface area contributed by atoms with E-state index in [1.807, 2.05) is 0 Å². The summed E-state index contributed by atoms with van der Waals surface area (Å²) in [6, 6.07) is 3.42. The second kappa shape index (κ2) is 6.46. The maximum Gasteiger partial charge on any atom is 0.162 e. The SMILES string of the molecule is COCC1CCN(Cc2cc(Cl)cc(OC)c2O)C1. The minimum absolute atomic E-state index is 0.182. The van der Waals surface area contributed by atoms with Crippen molar-refractivity contribution in [3.63, 3.8) is 0 Å². The van der Waals surface area contributed by atoms with Crippen molar-refractivity contribution in [3.8, 4) is 11.5 Å². The van der Waals surface area contributed by atoms with Crippen molar-refractivity contribution < 1.29 is 14.6 Å². The molecule has 0 radical (unpaired) electrons. The van der Waals surface area contributed by atoms with Gasteiger partial charge < -0.3 is 14.6 Å². The Balaban J connectivity index is 2.05. The second-order valence-electron chi connectivity index (χ2n) is 4.96. The zero-order chi connectivity index (χ0) is 13.8. The third kappa shape index (κ3) is 3.53. The highest BCUT2D eigenvalue weighted by molar-refractivity contribution is 6.30. The van der Waals surface area contributed by atoms with E-state index in [-0.39, 0.29) is 5.75 Å². The minimum atomic E-state index is 0.182. The number of nitrogens with zero attached hydrogens (tertiary/aromatic N) is 1. The standard InChI is InChI=1S/C14H20ClNO3/c1-18-9-10-3-4-16(7-10)8-11-5-12(15)6-13(19-2)14(11)17/h5-6,10,17H,3-4,7-9H2,1-2H3. The van der Waals surface area contributed by atoms with Crippen LogP contribution in [0.5, 0.6) is 11.5 Å². The first kappa shape index (κ1) is 14.4. The molecule has 1 aromatic carbocycles. The Morgan fingerprint density at radius 1 is 1.42 bits per heavy atom. The number of ether oxygens (including phenoxy) is 2. The average molecular weight is 286 g/mol. The van der Waals surface area contributed by atoms with Crippen LogP contribution in [0, 0.1) is 5.92 Å². The molecule has 1 N–H and O–H groups in total. The van der Waals surface area contributed by atoms with Gasteiger partial charge in [-0.2, -0.15) is 0 Å². The van der Waals surface area contributed by atoms with Gasteiger partial charge in [0.15, 0.2) is 11.5 Å². The van der Waals surface area contributed by atoms with E-state index in [2.05, 4.69) is 4.90 Å². The van der Waals surface area contributed by atoms with Gasteiger partial charge in [-0.05, 0) is 24.9 Å². The molecule has 0 aromatic heterocycles. The van der Waals surface area contributed by atoms with Crippen molar-refractivity contribution in [3.05, 3.63) is 22.7 Å². The molecule has 1 saturated heterocycles. The van der Waals surface area contributed by atoms with Gasteiger partial charge in [0.05, 0.1) is 13.7 Å². The zero-order valence-corrected chi connectivity index (χ0v) is 12.1. The van der Waals surface area contributed by atoms with Crippen molar-refractivity contribution >= 4 is 11.6 Å². The first-order valence-electron chi connectivity index (χ1n) is 6.40. The topological polar surface area (TPSA) is 41.9 Å². The summed E-state index contributed by atoms with van der Waals surface area (Å²) >= 11 is 6.03. The van der Waals surface area contributed by atoms with Gasteiger partial charge in [0.1, 0.15) is 0 Å². The molecular formula is C14H20ClNO3. The number of aromatic hydroxyl groups is 1. The average Bonchev–Trinajstić information content (AvgIpc) is 2.81. The molecule has 5 heteroatoms. The third-order valence-electron chi connectivity index (χ3n) is 3.50. The number of methoxy groups -OCH3 is 2. The fourth-order valence-corrected chi connectivity index (χ4v) is 2.80. The monoisotopic (exact) mass is 285 g/mol. The number of benzene rings is 1. The van der Waals surface area contributed by atoms with E-state index in [9.17, 15) is 5.11 Å². The first-order chi connectivity index (χ1) is 9.13. The molecule has 1 aliphatic heterocycles.